The van der Waals surface area contributed by atoms with Crippen molar-refractivity contribution in [3.8, 4) is 0 Å². The Bertz CT molecular complexity index is 468. The smallest absolute Gasteiger partial charge is 0.325 e. The lowest BCUT2D eigenvalue weighted by Crippen LogP contribution is -2.39. The molecule has 2 N–H and O–H groups in total. The van der Waals surface area contributed by atoms with Crippen LogP contribution in [0.1, 0.15) is 15.9 Å². The van der Waals surface area contributed by atoms with Gasteiger partial charge in [0.05, 0.1) is 13.7 Å². The number of hydrogen-bond acceptors (Lipinski definition) is 4. The highest BCUT2D eigenvalue weighted by Gasteiger charge is 2.08. The third kappa shape index (κ3) is 5.20. The molecule has 0 aliphatic carbocycles. The molecule has 0 atom stereocenters. The Morgan fingerprint density at radius 3 is 2.26 bits per heavy atom. The Labute approximate surface area is 111 Å². The Morgan fingerprint density at radius 2 is 1.68 bits per heavy atom. The minimum atomic E-state index is -0.543. The molecule has 0 fully saturated rings. The van der Waals surface area contributed by atoms with E-state index in [1.807, 2.05) is 19.1 Å². The van der Waals surface area contributed by atoms with Gasteiger partial charge in [-0.05, 0) is 19.1 Å². The van der Waals surface area contributed by atoms with Gasteiger partial charge in [-0.1, -0.05) is 17.7 Å². The zero-order valence-corrected chi connectivity index (χ0v) is 10.9. The van der Waals surface area contributed by atoms with E-state index in [0.717, 1.165) is 5.56 Å². The van der Waals surface area contributed by atoms with Crippen LogP contribution in [-0.4, -0.2) is 38.0 Å². The summed E-state index contributed by atoms with van der Waals surface area (Å²) in [5, 5.41) is 4.78. The summed E-state index contributed by atoms with van der Waals surface area (Å²) in [6, 6.07) is 6.98. The predicted molar refractivity (Wildman–Crippen MR) is 68.5 cm³/mol. The van der Waals surface area contributed by atoms with Crippen LogP contribution >= 0.6 is 0 Å². The minimum absolute atomic E-state index is 0.191. The van der Waals surface area contributed by atoms with Gasteiger partial charge >= 0.3 is 5.97 Å². The lowest BCUT2D eigenvalue weighted by molar-refractivity contribution is -0.141. The van der Waals surface area contributed by atoms with Crippen molar-refractivity contribution in [2.45, 2.75) is 6.92 Å². The number of carbonyl (C=O) groups excluding carboxylic acids is 3. The molecule has 0 bridgehead atoms. The standard InChI is InChI=1S/C13H16N2O4/c1-9-3-5-10(6-4-9)13(18)15-7-11(16)14-8-12(17)19-2/h3-6H,7-8H2,1-2H3,(H,14,16)(H,15,18). The molecule has 0 unspecified atom stereocenters. The van der Waals surface area contributed by atoms with Gasteiger partial charge in [-0.3, -0.25) is 14.4 Å². The van der Waals surface area contributed by atoms with Gasteiger partial charge < -0.3 is 15.4 Å². The number of benzene rings is 1. The number of esters is 1. The first kappa shape index (κ1) is 14.7. The molecule has 0 saturated carbocycles. The fourth-order valence-corrected chi connectivity index (χ4v) is 1.27. The second-order valence-corrected chi connectivity index (χ2v) is 3.90. The second kappa shape index (κ2) is 7.15. The van der Waals surface area contributed by atoms with Crippen LogP contribution in [0.25, 0.3) is 0 Å². The van der Waals surface area contributed by atoms with Gasteiger partial charge in [-0.25, -0.2) is 0 Å². The zero-order chi connectivity index (χ0) is 14.3. The van der Waals surface area contributed by atoms with Crippen LogP contribution in [0.2, 0.25) is 0 Å². The first-order valence-corrected chi connectivity index (χ1v) is 5.71. The second-order valence-electron chi connectivity index (χ2n) is 3.90. The van der Waals surface area contributed by atoms with Gasteiger partial charge in [0.15, 0.2) is 0 Å². The quantitative estimate of drug-likeness (QED) is 0.734. The summed E-state index contributed by atoms with van der Waals surface area (Å²) in [6.45, 7) is 1.52. The van der Waals surface area contributed by atoms with E-state index in [1.165, 1.54) is 7.11 Å². The topological polar surface area (TPSA) is 84.5 Å². The zero-order valence-electron chi connectivity index (χ0n) is 10.9. The fourth-order valence-electron chi connectivity index (χ4n) is 1.27. The maximum Gasteiger partial charge on any atom is 0.325 e. The molecule has 1 aromatic carbocycles. The highest BCUT2D eigenvalue weighted by atomic mass is 16.5. The monoisotopic (exact) mass is 264 g/mol. The molecule has 0 heterocycles. The number of rotatable bonds is 5. The van der Waals surface area contributed by atoms with Crippen LogP contribution in [0.15, 0.2) is 24.3 Å². The molecule has 1 rings (SSSR count). The molecule has 0 saturated heterocycles. The SMILES string of the molecule is COC(=O)CNC(=O)CNC(=O)c1ccc(C)cc1. The molecule has 19 heavy (non-hydrogen) atoms. The summed E-state index contributed by atoms with van der Waals surface area (Å²) in [6.07, 6.45) is 0. The van der Waals surface area contributed by atoms with E-state index in [2.05, 4.69) is 15.4 Å². The highest BCUT2D eigenvalue weighted by Crippen LogP contribution is 2.02. The van der Waals surface area contributed by atoms with E-state index in [1.54, 1.807) is 12.1 Å². The largest absolute Gasteiger partial charge is 0.468 e. The van der Waals surface area contributed by atoms with Gasteiger partial charge in [-0.2, -0.15) is 0 Å². The van der Waals surface area contributed by atoms with Crippen molar-refractivity contribution in [1.29, 1.82) is 0 Å². The van der Waals surface area contributed by atoms with Crippen LogP contribution in [0.3, 0.4) is 0 Å². The number of carbonyl (C=O) groups is 3. The normalized spacial score (nSPS) is 9.58. The van der Waals surface area contributed by atoms with Crippen molar-refractivity contribution in [3.63, 3.8) is 0 Å². The lowest BCUT2D eigenvalue weighted by Gasteiger charge is -2.06. The molecule has 0 radical (unpaired) electrons. The summed E-state index contributed by atoms with van der Waals surface area (Å²) >= 11 is 0. The first-order chi connectivity index (χ1) is 9.02. The highest BCUT2D eigenvalue weighted by molar-refractivity contribution is 5.96. The fraction of sp³-hybridized carbons (Fsp3) is 0.308. The van der Waals surface area contributed by atoms with Crippen molar-refractivity contribution in [2.75, 3.05) is 20.2 Å². The van der Waals surface area contributed by atoms with Crippen LogP contribution in [0, 0.1) is 6.92 Å². The van der Waals surface area contributed by atoms with E-state index in [9.17, 15) is 14.4 Å². The van der Waals surface area contributed by atoms with Gasteiger partial charge in [0.2, 0.25) is 5.91 Å². The molecule has 6 heteroatoms. The van der Waals surface area contributed by atoms with Gasteiger partial charge in [0.25, 0.3) is 5.91 Å². The average molecular weight is 264 g/mol. The maximum atomic E-state index is 11.7. The van der Waals surface area contributed by atoms with Crippen LogP contribution in [-0.2, 0) is 14.3 Å². The average Bonchev–Trinajstić information content (AvgIpc) is 2.42. The molecule has 0 spiro atoms. The molecular formula is C13H16N2O4. The summed E-state index contributed by atoms with van der Waals surface area (Å²) in [5.41, 5.74) is 1.53. The van der Waals surface area contributed by atoms with Crippen molar-refractivity contribution in [2.24, 2.45) is 0 Å². The third-order valence-electron chi connectivity index (χ3n) is 2.38. The molecular weight excluding hydrogens is 248 g/mol. The number of aryl methyl sites for hydroxylation is 1. The maximum absolute atomic E-state index is 11.7. The van der Waals surface area contributed by atoms with Crippen LogP contribution < -0.4 is 10.6 Å². The van der Waals surface area contributed by atoms with Crippen molar-refractivity contribution >= 4 is 17.8 Å². The van der Waals surface area contributed by atoms with Crippen molar-refractivity contribution in [3.05, 3.63) is 35.4 Å². The minimum Gasteiger partial charge on any atom is -0.468 e. The van der Waals surface area contributed by atoms with E-state index < -0.39 is 11.9 Å². The summed E-state index contributed by atoms with van der Waals surface area (Å²) < 4.78 is 4.37. The van der Waals surface area contributed by atoms with Gasteiger partial charge in [-0.15, -0.1) is 0 Å². The Kier molecular flexibility index (Phi) is 5.53. The van der Waals surface area contributed by atoms with E-state index in [-0.39, 0.29) is 19.0 Å². The molecule has 0 aliphatic rings. The number of nitrogens with one attached hydrogen (secondary N) is 2. The molecule has 0 aromatic heterocycles. The predicted octanol–water partition coefficient (Wildman–Crippen LogP) is 0.0140. The number of methoxy groups -OCH3 is 1. The van der Waals surface area contributed by atoms with E-state index >= 15 is 0 Å². The Balaban J connectivity index is 2.36. The van der Waals surface area contributed by atoms with Gasteiger partial charge in [0.1, 0.15) is 6.54 Å². The Hall–Kier alpha value is -2.37. The van der Waals surface area contributed by atoms with Crippen LogP contribution in [0.4, 0.5) is 0 Å². The number of hydrogen-bond donors (Lipinski definition) is 2. The van der Waals surface area contributed by atoms with Crippen molar-refractivity contribution < 1.29 is 19.1 Å². The summed E-state index contributed by atoms with van der Waals surface area (Å²) in [7, 11) is 1.23. The molecule has 6 nitrogen and oxygen atoms in total. The molecule has 102 valence electrons. The third-order valence-corrected chi connectivity index (χ3v) is 2.38. The summed E-state index contributed by atoms with van der Waals surface area (Å²) in [5.74, 6) is -1.34. The molecule has 0 aliphatic heterocycles. The Morgan fingerprint density at radius 1 is 1.05 bits per heavy atom. The lowest BCUT2D eigenvalue weighted by atomic mass is 10.1. The molecule has 2 amide bonds. The first-order valence-electron chi connectivity index (χ1n) is 5.71. The number of amides is 2. The molecule has 1 aromatic rings. The van der Waals surface area contributed by atoms with E-state index in [0.29, 0.717) is 5.56 Å². The van der Waals surface area contributed by atoms with Crippen molar-refractivity contribution in [1.82, 2.24) is 10.6 Å². The number of ether oxygens (including phenoxy) is 1. The van der Waals surface area contributed by atoms with Crippen LogP contribution in [0.5, 0.6) is 0 Å². The van der Waals surface area contributed by atoms with E-state index in [4.69, 9.17) is 0 Å². The van der Waals surface area contributed by atoms with Gasteiger partial charge in [0, 0.05) is 5.56 Å². The summed E-state index contributed by atoms with van der Waals surface area (Å²) in [4.78, 5) is 33.8.